The Bertz CT molecular complexity index is 1760. The number of nitrogens with zero attached hydrogens (tertiary/aromatic N) is 7. The van der Waals surface area contributed by atoms with Gasteiger partial charge in [-0.2, -0.15) is 5.10 Å². The molecule has 0 saturated carbocycles. The summed E-state index contributed by atoms with van der Waals surface area (Å²) in [5.74, 6) is 1.07. The number of carbonyl (C=O) groups excluding carboxylic acids is 1. The number of ether oxygens (including phenoxy) is 1. The largest absolute Gasteiger partial charge is 0.459 e. The molecule has 12 nitrogen and oxygen atoms in total. The quantitative estimate of drug-likeness (QED) is 0.160. The van der Waals surface area contributed by atoms with Crippen LogP contribution in [0.5, 0.6) is 6.01 Å². The van der Waals surface area contributed by atoms with E-state index < -0.39 is 0 Å². The van der Waals surface area contributed by atoms with E-state index in [0.717, 1.165) is 70.5 Å². The molecule has 12 heteroatoms. The van der Waals surface area contributed by atoms with E-state index in [1.165, 1.54) is 12.8 Å². The molecule has 0 bridgehead atoms. The zero-order chi connectivity index (χ0) is 31.3. The number of anilines is 3. The van der Waals surface area contributed by atoms with Crippen molar-refractivity contribution in [1.82, 2.24) is 39.6 Å². The Labute approximate surface area is 262 Å². The van der Waals surface area contributed by atoms with Crippen molar-refractivity contribution in [3.63, 3.8) is 0 Å². The highest BCUT2D eigenvalue weighted by molar-refractivity contribution is 6.06. The van der Waals surface area contributed by atoms with Gasteiger partial charge in [0.25, 0.3) is 0 Å². The summed E-state index contributed by atoms with van der Waals surface area (Å²) in [5.41, 5.74) is 6.39. The van der Waals surface area contributed by atoms with Gasteiger partial charge in [-0.05, 0) is 50.3 Å². The minimum absolute atomic E-state index is 0.0460. The van der Waals surface area contributed by atoms with Crippen LogP contribution in [0.1, 0.15) is 49.4 Å². The first-order valence-electron chi connectivity index (χ1n) is 15.6. The normalized spacial score (nSPS) is 15.1. The van der Waals surface area contributed by atoms with Crippen molar-refractivity contribution < 1.29 is 9.53 Å². The number of carbonyl (C=O) groups is 1. The Morgan fingerprint density at radius 3 is 2.76 bits per heavy atom. The minimum Gasteiger partial charge on any atom is -0.459 e. The van der Waals surface area contributed by atoms with Crippen molar-refractivity contribution in [2.75, 3.05) is 30.3 Å². The Morgan fingerprint density at radius 1 is 1.13 bits per heavy atom. The highest BCUT2D eigenvalue weighted by atomic mass is 16.5. The van der Waals surface area contributed by atoms with Crippen LogP contribution in [0.3, 0.4) is 0 Å². The molecule has 0 radical (unpaired) electrons. The lowest BCUT2D eigenvalue weighted by Crippen LogP contribution is -2.33. The molecular weight excluding hydrogens is 568 g/mol. The number of likely N-dealkylation sites (tertiary alicyclic amines) is 1. The topological polar surface area (TPSA) is 139 Å². The van der Waals surface area contributed by atoms with Gasteiger partial charge in [0.05, 0.1) is 23.4 Å². The highest BCUT2D eigenvalue weighted by Gasteiger charge is 2.26. The van der Waals surface area contributed by atoms with Gasteiger partial charge >= 0.3 is 6.01 Å². The number of para-hydroxylation sites is 1. The van der Waals surface area contributed by atoms with Gasteiger partial charge in [0.2, 0.25) is 11.9 Å². The summed E-state index contributed by atoms with van der Waals surface area (Å²) in [7, 11) is 1.89. The average Bonchev–Trinajstić information content (AvgIpc) is 3.74. The van der Waals surface area contributed by atoms with Crippen LogP contribution in [0.2, 0.25) is 0 Å². The first kappa shape index (κ1) is 30.2. The number of nitrogens with one attached hydrogen (secondary N) is 3. The summed E-state index contributed by atoms with van der Waals surface area (Å²) in [5, 5.41) is 11.7. The summed E-state index contributed by atoms with van der Waals surface area (Å²) in [4.78, 5) is 36.6. The van der Waals surface area contributed by atoms with Crippen LogP contribution < -0.4 is 15.4 Å². The van der Waals surface area contributed by atoms with Gasteiger partial charge in [-0.15, -0.1) is 0 Å². The molecular formula is C33H40N10O2. The number of benzene rings is 1. The van der Waals surface area contributed by atoms with E-state index in [4.69, 9.17) is 9.72 Å². The van der Waals surface area contributed by atoms with Gasteiger partial charge in [-0.25, -0.2) is 19.9 Å². The van der Waals surface area contributed by atoms with Gasteiger partial charge < -0.3 is 20.4 Å². The van der Waals surface area contributed by atoms with Gasteiger partial charge in [0.1, 0.15) is 6.10 Å². The van der Waals surface area contributed by atoms with Gasteiger partial charge in [0, 0.05) is 67.6 Å². The number of unbranched alkanes of at least 4 members (excludes halogenated alkanes) is 2. The SMILES string of the molecule is CCCCCc1cnc(O[C@H]2CCN(CC(=O)Nc3cccc4c(-c5nc(Nc6cc(C)n(C)n6)ncc5C)c[nH]c34)C2)nc1. The lowest BCUT2D eigenvalue weighted by molar-refractivity contribution is -0.117. The predicted molar refractivity (Wildman–Crippen MR) is 175 cm³/mol. The first-order chi connectivity index (χ1) is 21.9. The average molecular weight is 609 g/mol. The Hall–Kier alpha value is -4.84. The van der Waals surface area contributed by atoms with Gasteiger partial charge in [0.15, 0.2) is 5.82 Å². The Kier molecular flexibility index (Phi) is 9.01. The lowest BCUT2D eigenvalue weighted by atomic mass is 10.1. The molecule has 5 aromatic rings. The summed E-state index contributed by atoms with van der Waals surface area (Å²) < 4.78 is 7.82. The molecule has 5 heterocycles. The molecule has 45 heavy (non-hydrogen) atoms. The van der Waals surface area contributed by atoms with Crippen molar-refractivity contribution in [2.45, 2.75) is 59.0 Å². The molecule has 6 rings (SSSR count). The number of amides is 1. The fourth-order valence-corrected chi connectivity index (χ4v) is 5.66. The fraction of sp³-hybridized carbons (Fsp3) is 0.394. The third kappa shape index (κ3) is 7.12. The Balaban J connectivity index is 1.07. The van der Waals surface area contributed by atoms with Crippen molar-refractivity contribution in [3.8, 4) is 17.3 Å². The maximum atomic E-state index is 13.1. The third-order valence-electron chi connectivity index (χ3n) is 8.19. The van der Waals surface area contributed by atoms with E-state index in [1.807, 2.05) is 63.8 Å². The fourth-order valence-electron chi connectivity index (χ4n) is 5.66. The van der Waals surface area contributed by atoms with E-state index in [-0.39, 0.29) is 18.6 Å². The zero-order valence-electron chi connectivity index (χ0n) is 26.3. The molecule has 1 aromatic carbocycles. The van der Waals surface area contributed by atoms with Crippen LogP contribution >= 0.6 is 0 Å². The van der Waals surface area contributed by atoms with E-state index >= 15 is 0 Å². The van der Waals surface area contributed by atoms with Crippen LogP contribution in [0, 0.1) is 13.8 Å². The van der Waals surface area contributed by atoms with E-state index in [2.05, 4.69) is 47.5 Å². The molecule has 0 unspecified atom stereocenters. The first-order valence-corrected chi connectivity index (χ1v) is 15.6. The number of aryl methyl sites for hydroxylation is 4. The number of fused-ring (bicyclic) bond motifs is 1. The lowest BCUT2D eigenvalue weighted by Gasteiger charge is -2.16. The van der Waals surface area contributed by atoms with Crippen molar-refractivity contribution in [1.29, 1.82) is 0 Å². The standard InChI is InChI=1S/C33H40N10O2/c1-5-6-7-9-23-16-36-33(37-17-23)45-24-12-13-43(19-24)20-29(44)38-27-11-8-10-25-26(18-34-31(25)27)30-21(2)15-35-32(40-30)39-28-14-22(3)42(4)41-28/h8,10-11,14-18,24,34H,5-7,9,12-13,19-20H2,1-4H3,(H,38,44)(H,35,39,40,41)/t24-/m0/s1. The molecule has 0 spiro atoms. The van der Waals surface area contributed by atoms with Crippen LogP contribution in [-0.4, -0.2) is 71.2 Å². The van der Waals surface area contributed by atoms with Crippen molar-refractivity contribution >= 4 is 34.3 Å². The number of hydrogen-bond acceptors (Lipinski definition) is 9. The number of aromatic nitrogens is 7. The molecule has 1 saturated heterocycles. The number of H-pyrrole nitrogens is 1. The third-order valence-corrected chi connectivity index (χ3v) is 8.19. The van der Waals surface area contributed by atoms with Crippen molar-refractivity contribution in [3.05, 3.63) is 65.9 Å². The zero-order valence-corrected chi connectivity index (χ0v) is 26.3. The molecule has 3 N–H and O–H groups in total. The summed E-state index contributed by atoms with van der Waals surface area (Å²) in [6.07, 6.45) is 12.7. The van der Waals surface area contributed by atoms with Crippen LogP contribution in [0.15, 0.2) is 49.1 Å². The predicted octanol–water partition coefficient (Wildman–Crippen LogP) is 5.33. The maximum absolute atomic E-state index is 13.1. The minimum atomic E-state index is -0.0812. The maximum Gasteiger partial charge on any atom is 0.316 e. The highest BCUT2D eigenvalue weighted by Crippen LogP contribution is 2.33. The summed E-state index contributed by atoms with van der Waals surface area (Å²) in [6.45, 7) is 7.86. The molecule has 234 valence electrons. The van der Waals surface area contributed by atoms with E-state index in [9.17, 15) is 4.79 Å². The van der Waals surface area contributed by atoms with Crippen molar-refractivity contribution in [2.24, 2.45) is 7.05 Å². The second kappa shape index (κ2) is 13.4. The van der Waals surface area contributed by atoms with E-state index in [1.54, 1.807) is 10.9 Å². The van der Waals surface area contributed by atoms with Crippen LogP contribution in [0.25, 0.3) is 22.2 Å². The second-order valence-electron chi connectivity index (χ2n) is 11.7. The summed E-state index contributed by atoms with van der Waals surface area (Å²) in [6, 6.07) is 8.21. The molecule has 4 aromatic heterocycles. The molecule has 1 aliphatic heterocycles. The second-order valence-corrected chi connectivity index (χ2v) is 11.7. The summed E-state index contributed by atoms with van der Waals surface area (Å²) >= 11 is 0. The Morgan fingerprint density at radius 2 is 1.98 bits per heavy atom. The molecule has 1 fully saturated rings. The molecule has 1 amide bonds. The molecule has 0 aliphatic carbocycles. The molecule has 1 aliphatic rings. The van der Waals surface area contributed by atoms with Crippen LogP contribution in [-0.2, 0) is 18.3 Å². The van der Waals surface area contributed by atoms with E-state index in [0.29, 0.717) is 24.3 Å². The van der Waals surface area contributed by atoms with Gasteiger partial charge in [-0.3, -0.25) is 14.4 Å². The van der Waals surface area contributed by atoms with Gasteiger partial charge in [-0.1, -0.05) is 31.9 Å². The number of rotatable bonds is 12. The van der Waals surface area contributed by atoms with Crippen LogP contribution in [0.4, 0.5) is 17.5 Å². The molecule has 1 atom stereocenters. The number of hydrogen-bond donors (Lipinski definition) is 3. The monoisotopic (exact) mass is 608 g/mol. The number of aromatic amines is 1. The smallest absolute Gasteiger partial charge is 0.316 e.